The Labute approximate surface area is 507 Å². The normalized spacial score (nSPS) is 12.9. The molecular weight excluding hydrogens is 1010 g/mol. The van der Waals surface area contributed by atoms with E-state index in [0.29, 0.717) is 19.3 Å². The van der Waals surface area contributed by atoms with E-state index in [1.807, 2.05) is 0 Å². The fourth-order valence-corrected chi connectivity index (χ4v) is 9.55. The Balaban J connectivity index is 4.40. The first-order valence-electron chi connectivity index (χ1n) is 34.5. The third-order valence-corrected chi connectivity index (χ3v) is 14.7. The molecule has 0 heterocycles. The van der Waals surface area contributed by atoms with Crippen molar-refractivity contribution in [2.24, 2.45) is 0 Å². The highest BCUT2D eigenvalue weighted by molar-refractivity contribution is 5.71. The van der Waals surface area contributed by atoms with Gasteiger partial charge < -0.3 is 14.2 Å². The van der Waals surface area contributed by atoms with Crippen molar-refractivity contribution in [3.63, 3.8) is 0 Å². The average molecular weight is 1140 g/mol. The summed E-state index contributed by atoms with van der Waals surface area (Å²) in [6.45, 7) is 6.52. The van der Waals surface area contributed by atoms with Crippen LogP contribution < -0.4 is 0 Å². The van der Waals surface area contributed by atoms with Gasteiger partial charge >= 0.3 is 17.9 Å². The van der Waals surface area contributed by atoms with Crippen molar-refractivity contribution in [2.75, 3.05) is 13.2 Å². The van der Waals surface area contributed by atoms with Crippen LogP contribution in [0.15, 0.2) is 122 Å². The van der Waals surface area contributed by atoms with E-state index in [2.05, 4.69) is 142 Å². The molecule has 6 nitrogen and oxygen atoms in total. The van der Waals surface area contributed by atoms with Crippen molar-refractivity contribution < 1.29 is 28.6 Å². The maximum Gasteiger partial charge on any atom is 0.306 e. The molecule has 0 spiro atoms. The molecular formula is C76H128O6. The molecule has 468 valence electrons. The minimum absolute atomic E-state index is 0.0871. The molecule has 0 N–H and O–H groups in total. The van der Waals surface area contributed by atoms with Crippen LogP contribution in [0.1, 0.15) is 323 Å². The number of rotatable bonds is 62. The number of allylic oxidation sites excluding steroid dienone is 20. The van der Waals surface area contributed by atoms with Gasteiger partial charge in [0.25, 0.3) is 0 Å². The van der Waals surface area contributed by atoms with Crippen LogP contribution >= 0.6 is 0 Å². The molecule has 82 heavy (non-hydrogen) atoms. The molecule has 0 aliphatic heterocycles. The minimum atomic E-state index is -0.794. The van der Waals surface area contributed by atoms with Crippen molar-refractivity contribution in [1.82, 2.24) is 0 Å². The highest BCUT2D eigenvalue weighted by Gasteiger charge is 2.19. The first kappa shape index (κ1) is 77.8. The molecule has 0 saturated carbocycles. The number of carbonyl (C=O) groups is 3. The second-order valence-corrected chi connectivity index (χ2v) is 22.7. The minimum Gasteiger partial charge on any atom is -0.462 e. The molecule has 1 unspecified atom stereocenters. The smallest absolute Gasteiger partial charge is 0.306 e. The van der Waals surface area contributed by atoms with E-state index < -0.39 is 6.10 Å². The standard InChI is InChI=1S/C76H128O6/c1-4-7-10-13-16-19-22-25-28-30-32-34-35-36-37-38-39-40-41-43-44-46-48-51-54-57-60-63-66-69-75(78)81-72-73(71-80-74(77)68-65-62-59-56-53-50-27-24-21-18-15-12-9-6-3)82-76(79)70-67-64-61-58-55-52-49-47-45-42-33-31-29-26-23-20-17-14-11-8-5-2/h7,10,16,19,23,25-26,28,31-34,36-37,39-40,43-44,48,51,73H,4-6,8-9,11-15,17-18,20-22,24,27,29-30,35,38,41-42,45-47,49-50,52-72H2,1-3H3/b10-7-,19-16-,26-23-,28-25-,33-31-,34-32-,37-36-,40-39-,44-43-,51-48-. The van der Waals surface area contributed by atoms with Gasteiger partial charge in [0.05, 0.1) is 0 Å². The maximum atomic E-state index is 12.9. The molecule has 0 aliphatic rings. The van der Waals surface area contributed by atoms with Crippen LogP contribution in [-0.2, 0) is 28.6 Å². The topological polar surface area (TPSA) is 78.9 Å². The highest BCUT2D eigenvalue weighted by atomic mass is 16.6. The van der Waals surface area contributed by atoms with Crippen LogP contribution in [0.4, 0.5) is 0 Å². The van der Waals surface area contributed by atoms with E-state index in [-0.39, 0.29) is 31.1 Å². The lowest BCUT2D eigenvalue weighted by molar-refractivity contribution is -0.167. The summed E-state index contributed by atoms with van der Waals surface area (Å²) in [5.41, 5.74) is 0. The van der Waals surface area contributed by atoms with Gasteiger partial charge in [0.15, 0.2) is 6.10 Å². The number of unbranched alkanes of at least 4 members (excludes halogenated alkanes) is 31. The molecule has 0 amide bonds. The van der Waals surface area contributed by atoms with Crippen molar-refractivity contribution in [3.8, 4) is 0 Å². The Morgan fingerprint density at radius 3 is 0.744 bits per heavy atom. The van der Waals surface area contributed by atoms with Gasteiger partial charge in [-0.2, -0.15) is 0 Å². The summed E-state index contributed by atoms with van der Waals surface area (Å²) in [6, 6.07) is 0. The van der Waals surface area contributed by atoms with Crippen molar-refractivity contribution in [1.29, 1.82) is 0 Å². The fraction of sp³-hybridized carbons (Fsp3) is 0.697. The van der Waals surface area contributed by atoms with E-state index in [1.54, 1.807) is 0 Å². The van der Waals surface area contributed by atoms with Crippen LogP contribution in [-0.4, -0.2) is 37.2 Å². The number of hydrogen-bond acceptors (Lipinski definition) is 6. The van der Waals surface area contributed by atoms with Crippen LogP contribution in [0.5, 0.6) is 0 Å². The van der Waals surface area contributed by atoms with Crippen LogP contribution in [0.25, 0.3) is 0 Å². The highest BCUT2D eigenvalue weighted by Crippen LogP contribution is 2.16. The van der Waals surface area contributed by atoms with Crippen molar-refractivity contribution in [2.45, 2.75) is 329 Å². The predicted molar refractivity (Wildman–Crippen MR) is 357 cm³/mol. The van der Waals surface area contributed by atoms with E-state index in [4.69, 9.17) is 14.2 Å². The van der Waals surface area contributed by atoms with E-state index in [9.17, 15) is 14.4 Å². The lowest BCUT2D eigenvalue weighted by Gasteiger charge is -2.18. The largest absolute Gasteiger partial charge is 0.462 e. The summed E-state index contributed by atoms with van der Waals surface area (Å²) >= 11 is 0. The van der Waals surface area contributed by atoms with Gasteiger partial charge in [-0.3, -0.25) is 14.4 Å². The lowest BCUT2D eigenvalue weighted by atomic mass is 10.0. The molecule has 0 radical (unpaired) electrons. The summed E-state index contributed by atoms with van der Waals surface area (Å²) in [7, 11) is 0. The zero-order valence-corrected chi connectivity index (χ0v) is 53.7. The first-order valence-corrected chi connectivity index (χ1v) is 34.5. The van der Waals surface area contributed by atoms with E-state index in [0.717, 1.165) is 128 Å². The summed E-state index contributed by atoms with van der Waals surface area (Å²) in [4.78, 5) is 38.4. The molecule has 0 fully saturated rings. The van der Waals surface area contributed by atoms with Gasteiger partial charge in [-0.1, -0.05) is 309 Å². The number of esters is 3. The summed E-state index contributed by atoms with van der Waals surface area (Å²) in [5.74, 6) is -0.907. The molecule has 1 atom stereocenters. The first-order chi connectivity index (χ1) is 40.5. The van der Waals surface area contributed by atoms with Gasteiger partial charge in [-0.15, -0.1) is 0 Å². The summed E-state index contributed by atoms with van der Waals surface area (Å²) in [5, 5.41) is 0. The molecule has 6 heteroatoms. The van der Waals surface area contributed by atoms with Gasteiger partial charge in [-0.25, -0.2) is 0 Å². The quantitative estimate of drug-likeness (QED) is 0.0261. The SMILES string of the molecule is CC/C=C\C/C=C\C/C=C\C/C=C\C/C=C\C/C=C\C/C=C\C/C=C\CCCCCCC(=O)OCC(COC(=O)CCCCCCCCCCCCCCCC)OC(=O)CCCCCCCCCCC/C=C\C/C=C\CCCCCCC. The van der Waals surface area contributed by atoms with Crippen molar-refractivity contribution >= 4 is 17.9 Å². The predicted octanol–water partition coefficient (Wildman–Crippen LogP) is 23.9. The Morgan fingerprint density at radius 1 is 0.256 bits per heavy atom. The Kier molecular flexibility index (Phi) is 65.8. The van der Waals surface area contributed by atoms with Gasteiger partial charge in [-0.05, 0) is 116 Å². The third-order valence-electron chi connectivity index (χ3n) is 14.7. The fourth-order valence-electron chi connectivity index (χ4n) is 9.55. The summed E-state index contributed by atoms with van der Waals surface area (Å²) < 4.78 is 17.0. The molecule has 0 aliphatic carbocycles. The Morgan fingerprint density at radius 2 is 0.476 bits per heavy atom. The average Bonchev–Trinajstić information content (AvgIpc) is 3.47. The van der Waals surface area contributed by atoms with Gasteiger partial charge in [0, 0.05) is 19.3 Å². The Hall–Kier alpha value is -4.19. The third kappa shape index (κ3) is 66.6. The molecule has 0 aromatic heterocycles. The zero-order chi connectivity index (χ0) is 59.2. The molecule has 0 aromatic carbocycles. The molecule has 0 bridgehead atoms. The van der Waals surface area contributed by atoms with E-state index >= 15 is 0 Å². The monoisotopic (exact) mass is 1140 g/mol. The number of hydrogen-bond donors (Lipinski definition) is 0. The molecule has 0 aromatic rings. The Bertz CT molecular complexity index is 1690. The maximum absolute atomic E-state index is 12.9. The van der Waals surface area contributed by atoms with Crippen molar-refractivity contribution in [3.05, 3.63) is 122 Å². The summed E-state index contributed by atoms with van der Waals surface area (Å²) in [6.07, 6.45) is 96.4. The zero-order valence-electron chi connectivity index (χ0n) is 53.7. The molecule has 0 rings (SSSR count). The number of carbonyl (C=O) groups excluding carboxylic acids is 3. The molecule has 0 saturated heterocycles. The van der Waals surface area contributed by atoms with Gasteiger partial charge in [0.1, 0.15) is 13.2 Å². The van der Waals surface area contributed by atoms with Crippen LogP contribution in [0.2, 0.25) is 0 Å². The second-order valence-electron chi connectivity index (χ2n) is 22.7. The van der Waals surface area contributed by atoms with Crippen LogP contribution in [0.3, 0.4) is 0 Å². The van der Waals surface area contributed by atoms with Gasteiger partial charge in [0.2, 0.25) is 0 Å². The van der Waals surface area contributed by atoms with E-state index in [1.165, 1.54) is 154 Å². The second kappa shape index (κ2) is 69.3. The number of ether oxygens (including phenoxy) is 3. The lowest BCUT2D eigenvalue weighted by Crippen LogP contribution is -2.30. The van der Waals surface area contributed by atoms with Crippen LogP contribution in [0, 0.1) is 0 Å².